The molecule has 1 aromatic carbocycles. The van der Waals surface area contributed by atoms with E-state index in [-0.39, 0.29) is 17.1 Å². The van der Waals surface area contributed by atoms with E-state index in [1.165, 1.54) is 12.1 Å². The monoisotopic (exact) mass is 321 g/mol. The van der Waals surface area contributed by atoms with Gasteiger partial charge in [0, 0.05) is 4.47 Å². The summed E-state index contributed by atoms with van der Waals surface area (Å²) < 4.78 is 0.672. The van der Waals surface area contributed by atoms with E-state index < -0.39 is 18.0 Å². The molecule has 1 aromatic rings. The van der Waals surface area contributed by atoms with Crippen LogP contribution in [0, 0.1) is 0 Å². The second-order valence-electron chi connectivity index (χ2n) is 3.19. The topological polar surface area (TPSA) is 86.6 Å². The zero-order chi connectivity index (χ0) is 13.0. The lowest BCUT2D eigenvalue weighted by Crippen LogP contribution is -2.36. The first kappa shape index (κ1) is 14.0. The Morgan fingerprint density at radius 2 is 2.12 bits per heavy atom. The number of carbonyl (C=O) groups excluding carboxylic acids is 1. The average molecular weight is 323 g/mol. The summed E-state index contributed by atoms with van der Waals surface area (Å²) in [6, 6.07) is 4.71. The number of hydrogen-bond donors (Lipinski definition) is 3. The minimum Gasteiger partial charge on any atom is -0.479 e. The summed E-state index contributed by atoms with van der Waals surface area (Å²) in [5.74, 6) is -1.94. The first-order valence-corrected chi connectivity index (χ1v) is 5.73. The zero-order valence-corrected chi connectivity index (χ0v) is 10.8. The van der Waals surface area contributed by atoms with E-state index in [1.54, 1.807) is 6.07 Å². The number of carboxylic acids is 1. The Morgan fingerprint density at radius 3 is 2.71 bits per heavy atom. The Bertz CT molecular complexity index is 452. The molecule has 0 saturated heterocycles. The molecule has 0 radical (unpaired) electrons. The largest absolute Gasteiger partial charge is 0.479 e. The molecule has 0 aliphatic heterocycles. The molecule has 1 rings (SSSR count). The van der Waals surface area contributed by atoms with Crippen molar-refractivity contribution >= 4 is 39.4 Å². The molecule has 0 heterocycles. The van der Waals surface area contributed by atoms with Gasteiger partial charge in [-0.15, -0.1) is 0 Å². The van der Waals surface area contributed by atoms with Gasteiger partial charge in [-0.25, -0.2) is 4.79 Å². The number of hydrogen-bond acceptors (Lipinski definition) is 3. The molecule has 1 atom stereocenters. The number of carboxylic acid groups (broad SMARTS) is 1. The highest BCUT2D eigenvalue weighted by Crippen LogP contribution is 2.20. The van der Waals surface area contributed by atoms with E-state index in [4.69, 9.17) is 21.8 Å². The van der Waals surface area contributed by atoms with Crippen molar-refractivity contribution in [2.45, 2.75) is 6.10 Å². The molecular formula is C10H9BrClNO4. The second-order valence-corrected chi connectivity index (χ2v) is 4.51. The quantitative estimate of drug-likeness (QED) is 0.779. The summed E-state index contributed by atoms with van der Waals surface area (Å²) in [6.07, 6.45) is -1.63. The maximum Gasteiger partial charge on any atom is 0.334 e. The van der Waals surface area contributed by atoms with Crippen LogP contribution in [0.4, 0.5) is 0 Å². The Labute approximate surface area is 111 Å². The maximum atomic E-state index is 11.6. The standard InChI is InChI=1S/C10H9BrClNO4/c11-5-1-2-7(12)6(3-5)9(15)13-4-8(14)10(16)17/h1-3,8,14H,4H2,(H,13,15)(H,16,17). The van der Waals surface area contributed by atoms with Gasteiger partial charge in [0.05, 0.1) is 17.1 Å². The van der Waals surface area contributed by atoms with Crippen molar-refractivity contribution < 1.29 is 19.8 Å². The van der Waals surface area contributed by atoms with Crippen LogP contribution in [0.25, 0.3) is 0 Å². The molecule has 3 N–H and O–H groups in total. The number of aliphatic carboxylic acids is 1. The summed E-state index contributed by atoms with van der Waals surface area (Å²) >= 11 is 8.99. The Morgan fingerprint density at radius 1 is 1.47 bits per heavy atom. The smallest absolute Gasteiger partial charge is 0.334 e. The van der Waals surface area contributed by atoms with E-state index in [0.29, 0.717) is 4.47 Å². The van der Waals surface area contributed by atoms with Gasteiger partial charge in [-0.05, 0) is 18.2 Å². The van der Waals surface area contributed by atoms with Gasteiger partial charge in [0.15, 0.2) is 6.10 Å². The maximum absolute atomic E-state index is 11.6. The van der Waals surface area contributed by atoms with Gasteiger partial charge in [0.1, 0.15) is 0 Å². The normalized spacial score (nSPS) is 11.9. The van der Waals surface area contributed by atoms with E-state index >= 15 is 0 Å². The minimum absolute atomic E-state index is 0.207. The van der Waals surface area contributed by atoms with E-state index in [9.17, 15) is 9.59 Å². The van der Waals surface area contributed by atoms with E-state index in [1.807, 2.05) is 0 Å². The lowest BCUT2D eigenvalue weighted by Gasteiger charge is -2.09. The van der Waals surface area contributed by atoms with Crippen LogP contribution in [0.1, 0.15) is 10.4 Å². The lowest BCUT2D eigenvalue weighted by molar-refractivity contribution is -0.146. The number of carbonyl (C=O) groups is 2. The number of aliphatic hydroxyl groups is 1. The summed E-state index contributed by atoms with van der Waals surface area (Å²) in [5, 5.41) is 19.9. The van der Waals surface area contributed by atoms with E-state index in [0.717, 1.165) is 0 Å². The fraction of sp³-hybridized carbons (Fsp3) is 0.200. The fourth-order valence-corrected chi connectivity index (χ4v) is 1.61. The van der Waals surface area contributed by atoms with Crippen LogP contribution in [0.2, 0.25) is 5.02 Å². The first-order chi connectivity index (χ1) is 7.91. The Balaban J connectivity index is 2.70. The zero-order valence-electron chi connectivity index (χ0n) is 8.48. The van der Waals surface area contributed by atoms with Crippen molar-refractivity contribution in [3.05, 3.63) is 33.3 Å². The van der Waals surface area contributed by atoms with Gasteiger partial charge in [-0.2, -0.15) is 0 Å². The summed E-state index contributed by atoms with van der Waals surface area (Å²) in [7, 11) is 0. The van der Waals surface area contributed by atoms with Crippen LogP contribution in [0.5, 0.6) is 0 Å². The molecule has 0 bridgehead atoms. The molecule has 17 heavy (non-hydrogen) atoms. The van der Waals surface area contributed by atoms with Crippen molar-refractivity contribution in [3.8, 4) is 0 Å². The van der Waals surface area contributed by atoms with Crippen LogP contribution in [0.15, 0.2) is 22.7 Å². The minimum atomic E-state index is -1.63. The number of halogens is 2. The number of nitrogens with one attached hydrogen (secondary N) is 1. The average Bonchev–Trinajstić information content (AvgIpc) is 2.28. The molecule has 0 aromatic heterocycles. The highest BCUT2D eigenvalue weighted by Gasteiger charge is 2.16. The van der Waals surface area contributed by atoms with Crippen molar-refractivity contribution in [1.82, 2.24) is 5.32 Å². The third kappa shape index (κ3) is 3.99. The van der Waals surface area contributed by atoms with E-state index in [2.05, 4.69) is 21.2 Å². The number of rotatable bonds is 4. The molecular weight excluding hydrogens is 313 g/mol. The lowest BCUT2D eigenvalue weighted by atomic mass is 10.2. The van der Waals surface area contributed by atoms with Crippen molar-refractivity contribution in [2.24, 2.45) is 0 Å². The van der Waals surface area contributed by atoms with Gasteiger partial charge >= 0.3 is 5.97 Å². The van der Waals surface area contributed by atoms with Crippen molar-refractivity contribution in [1.29, 1.82) is 0 Å². The molecule has 0 aliphatic rings. The van der Waals surface area contributed by atoms with Gasteiger partial charge in [0.25, 0.3) is 5.91 Å². The summed E-state index contributed by atoms with van der Waals surface area (Å²) in [4.78, 5) is 22.0. The third-order valence-electron chi connectivity index (χ3n) is 1.91. The molecule has 1 unspecified atom stereocenters. The fourth-order valence-electron chi connectivity index (χ4n) is 1.04. The number of amides is 1. The highest BCUT2D eigenvalue weighted by molar-refractivity contribution is 9.10. The molecule has 0 saturated carbocycles. The van der Waals surface area contributed by atoms with Crippen LogP contribution >= 0.6 is 27.5 Å². The third-order valence-corrected chi connectivity index (χ3v) is 2.74. The van der Waals surface area contributed by atoms with Crippen LogP contribution in [0.3, 0.4) is 0 Å². The molecule has 0 aliphatic carbocycles. The molecule has 92 valence electrons. The number of benzene rings is 1. The Kier molecular flexibility index (Phi) is 4.92. The predicted octanol–water partition coefficient (Wildman–Crippen LogP) is 1.28. The van der Waals surface area contributed by atoms with Gasteiger partial charge in [-0.3, -0.25) is 4.79 Å². The Hall–Kier alpha value is -1.11. The van der Waals surface area contributed by atoms with Crippen LogP contribution in [-0.4, -0.2) is 34.7 Å². The van der Waals surface area contributed by atoms with Crippen molar-refractivity contribution in [2.75, 3.05) is 6.54 Å². The van der Waals surface area contributed by atoms with Crippen LogP contribution in [-0.2, 0) is 4.79 Å². The first-order valence-electron chi connectivity index (χ1n) is 4.56. The molecule has 0 fully saturated rings. The summed E-state index contributed by atoms with van der Waals surface area (Å²) in [5.41, 5.74) is 0.207. The molecule has 7 heteroatoms. The summed E-state index contributed by atoms with van der Waals surface area (Å²) in [6.45, 7) is -0.378. The molecule has 5 nitrogen and oxygen atoms in total. The van der Waals surface area contributed by atoms with Gasteiger partial charge < -0.3 is 15.5 Å². The van der Waals surface area contributed by atoms with Gasteiger partial charge in [-0.1, -0.05) is 27.5 Å². The van der Waals surface area contributed by atoms with Crippen LogP contribution < -0.4 is 5.32 Å². The van der Waals surface area contributed by atoms with Gasteiger partial charge in [0.2, 0.25) is 0 Å². The highest BCUT2D eigenvalue weighted by atomic mass is 79.9. The number of aliphatic hydroxyl groups excluding tert-OH is 1. The van der Waals surface area contributed by atoms with Crippen molar-refractivity contribution in [3.63, 3.8) is 0 Å². The predicted molar refractivity (Wildman–Crippen MR) is 65.1 cm³/mol. The molecule has 1 amide bonds. The SMILES string of the molecule is O=C(NCC(O)C(=O)O)c1cc(Br)ccc1Cl. The molecule has 0 spiro atoms. The second kappa shape index (κ2) is 6.00.